The van der Waals surface area contributed by atoms with Gasteiger partial charge in [0.25, 0.3) is 0 Å². The number of hydrogen-bond donors (Lipinski definition) is 1. The number of nitrogens with two attached hydrogens (primary N) is 1. The molecule has 4 heteroatoms. The summed E-state index contributed by atoms with van der Waals surface area (Å²) in [6, 6.07) is 5.61. The number of rotatable bonds is 3. The van der Waals surface area contributed by atoms with Gasteiger partial charge in [-0.2, -0.15) is 0 Å². The topological polar surface area (TPSA) is 64.9 Å². The second-order valence-corrected chi connectivity index (χ2v) is 2.89. The Balaban J connectivity index is 2.25. The van der Waals surface area contributed by atoms with Crippen LogP contribution in [0.15, 0.2) is 35.0 Å². The second-order valence-electron chi connectivity index (χ2n) is 2.89. The summed E-state index contributed by atoms with van der Waals surface area (Å²) in [5, 5.41) is 0. The molecule has 0 aliphatic rings. The fourth-order valence-electron chi connectivity index (χ4n) is 1.17. The lowest BCUT2D eigenvalue weighted by atomic mass is 10.3. The smallest absolute Gasteiger partial charge is 0.245 e. The van der Waals surface area contributed by atoms with Crippen LogP contribution in [0.5, 0.6) is 0 Å². The number of nitrogens with zero attached hydrogens (tertiary/aromatic N) is 2. The Morgan fingerprint density at radius 3 is 2.93 bits per heavy atom. The summed E-state index contributed by atoms with van der Waals surface area (Å²) in [4.78, 5) is 8.26. The van der Waals surface area contributed by atoms with Gasteiger partial charge >= 0.3 is 0 Å². The van der Waals surface area contributed by atoms with E-state index in [1.807, 2.05) is 18.2 Å². The Kier molecular flexibility index (Phi) is 2.55. The van der Waals surface area contributed by atoms with Crippen LogP contribution in [0.2, 0.25) is 0 Å². The van der Waals surface area contributed by atoms with Crippen molar-refractivity contribution in [1.82, 2.24) is 9.97 Å². The summed E-state index contributed by atoms with van der Waals surface area (Å²) in [6.45, 7) is 0.566. The van der Waals surface area contributed by atoms with E-state index in [1.54, 1.807) is 12.4 Å². The Bertz CT molecular complexity index is 397. The molecule has 0 saturated heterocycles. The highest BCUT2D eigenvalue weighted by atomic mass is 16.4. The number of oxazole rings is 1. The summed E-state index contributed by atoms with van der Waals surface area (Å²) in [5.74, 6) is 1.35. The van der Waals surface area contributed by atoms with E-state index in [1.165, 1.54) is 0 Å². The molecule has 2 rings (SSSR count). The van der Waals surface area contributed by atoms with E-state index in [-0.39, 0.29) is 0 Å². The Hall–Kier alpha value is -1.68. The number of hydrogen-bond acceptors (Lipinski definition) is 4. The summed E-state index contributed by atoms with van der Waals surface area (Å²) in [7, 11) is 0. The maximum atomic E-state index is 5.46. The van der Waals surface area contributed by atoms with Gasteiger partial charge in [-0.15, -0.1) is 0 Å². The van der Waals surface area contributed by atoms with Crippen LogP contribution in [0, 0.1) is 0 Å². The number of pyridine rings is 1. The third-order valence-electron chi connectivity index (χ3n) is 1.83. The predicted molar refractivity (Wildman–Crippen MR) is 52.5 cm³/mol. The molecule has 0 radical (unpaired) electrons. The first-order valence-corrected chi connectivity index (χ1v) is 4.46. The van der Waals surface area contributed by atoms with Crippen molar-refractivity contribution >= 4 is 0 Å². The molecule has 0 spiro atoms. The summed E-state index contributed by atoms with van der Waals surface area (Å²) >= 11 is 0. The zero-order valence-corrected chi connectivity index (χ0v) is 7.68. The van der Waals surface area contributed by atoms with Crippen molar-refractivity contribution in [3.63, 3.8) is 0 Å². The van der Waals surface area contributed by atoms with Crippen LogP contribution in [0.1, 0.15) is 5.76 Å². The minimum Gasteiger partial charge on any atom is -0.440 e. The fourth-order valence-corrected chi connectivity index (χ4v) is 1.17. The normalized spacial score (nSPS) is 10.4. The molecule has 0 aliphatic heterocycles. The molecule has 0 bridgehead atoms. The molecule has 0 atom stereocenters. The SMILES string of the molecule is NCCc1cnc(-c2ccccn2)o1. The van der Waals surface area contributed by atoms with Gasteiger partial charge in [0, 0.05) is 12.6 Å². The standard InChI is InChI=1S/C10H11N3O/c11-5-4-8-7-13-10(14-8)9-3-1-2-6-12-9/h1-3,6-7H,4-5,11H2. The van der Waals surface area contributed by atoms with E-state index in [0.717, 1.165) is 11.5 Å². The van der Waals surface area contributed by atoms with Crippen LogP contribution < -0.4 is 5.73 Å². The first-order valence-electron chi connectivity index (χ1n) is 4.46. The van der Waals surface area contributed by atoms with Crippen LogP contribution >= 0.6 is 0 Å². The summed E-state index contributed by atoms with van der Waals surface area (Å²) in [6.07, 6.45) is 4.11. The quantitative estimate of drug-likeness (QED) is 0.788. The zero-order valence-electron chi connectivity index (χ0n) is 7.68. The lowest BCUT2D eigenvalue weighted by Gasteiger charge is -1.92. The second kappa shape index (κ2) is 4.02. The first-order chi connectivity index (χ1) is 6.90. The maximum absolute atomic E-state index is 5.46. The van der Waals surface area contributed by atoms with Gasteiger partial charge in [-0.25, -0.2) is 4.98 Å². The van der Waals surface area contributed by atoms with Crippen LogP contribution in [-0.2, 0) is 6.42 Å². The van der Waals surface area contributed by atoms with Gasteiger partial charge in [0.05, 0.1) is 6.20 Å². The van der Waals surface area contributed by atoms with Crippen LogP contribution in [-0.4, -0.2) is 16.5 Å². The highest BCUT2D eigenvalue weighted by Crippen LogP contribution is 2.15. The third-order valence-corrected chi connectivity index (χ3v) is 1.83. The predicted octanol–water partition coefficient (Wildman–Crippen LogP) is 1.24. The Morgan fingerprint density at radius 1 is 1.29 bits per heavy atom. The average molecular weight is 189 g/mol. The van der Waals surface area contributed by atoms with Gasteiger partial charge in [-0.1, -0.05) is 6.07 Å². The summed E-state index contributed by atoms with van der Waals surface area (Å²) in [5.41, 5.74) is 6.15. The molecule has 4 nitrogen and oxygen atoms in total. The van der Waals surface area contributed by atoms with Crippen molar-refractivity contribution in [2.45, 2.75) is 6.42 Å². The molecular formula is C10H11N3O. The molecule has 2 N–H and O–H groups in total. The van der Waals surface area contributed by atoms with E-state index < -0.39 is 0 Å². The maximum Gasteiger partial charge on any atom is 0.245 e. The molecule has 0 fully saturated rings. The fraction of sp³-hybridized carbons (Fsp3) is 0.200. The van der Waals surface area contributed by atoms with E-state index >= 15 is 0 Å². The lowest BCUT2D eigenvalue weighted by molar-refractivity contribution is 0.517. The Morgan fingerprint density at radius 2 is 2.21 bits per heavy atom. The minimum absolute atomic E-state index is 0.550. The van der Waals surface area contributed by atoms with E-state index in [9.17, 15) is 0 Å². The molecule has 72 valence electrons. The number of aromatic nitrogens is 2. The van der Waals surface area contributed by atoms with Crippen LogP contribution in [0.25, 0.3) is 11.6 Å². The third kappa shape index (κ3) is 1.80. The van der Waals surface area contributed by atoms with Gasteiger partial charge < -0.3 is 10.2 Å². The van der Waals surface area contributed by atoms with Crippen LogP contribution in [0.3, 0.4) is 0 Å². The molecule has 2 aromatic rings. The van der Waals surface area contributed by atoms with Crippen LogP contribution in [0.4, 0.5) is 0 Å². The Labute approximate surface area is 81.8 Å². The largest absolute Gasteiger partial charge is 0.440 e. The van der Waals surface area contributed by atoms with Gasteiger partial charge in [-0.3, -0.25) is 4.98 Å². The van der Waals surface area contributed by atoms with Crippen molar-refractivity contribution < 1.29 is 4.42 Å². The highest BCUT2D eigenvalue weighted by molar-refractivity contribution is 5.45. The van der Waals surface area contributed by atoms with Crippen molar-refractivity contribution in [3.8, 4) is 11.6 Å². The molecule has 0 aromatic carbocycles. The van der Waals surface area contributed by atoms with Gasteiger partial charge in [0.15, 0.2) is 0 Å². The molecule has 0 unspecified atom stereocenters. The molecule has 2 heterocycles. The molecule has 0 saturated carbocycles. The minimum atomic E-state index is 0.550. The van der Waals surface area contributed by atoms with Gasteiger partial charge in [0.2, 0.25) is 5.89 Å². The molecule has 14 heavy (non-hydrogen) atoms. The van der Waals surface area contributed by atoms with Crippen molar-refractivity contribution in [3.05, 3.63) is 36.4 Å². The monoisotopic (exact) mass is 189 g/mol. The van der Waals surface area contributed by atoms with Gasteiger partial charge in [0.1, 0.15) is 11.5 Å². The van der Waals surface area contributed by atoms with Gasteiger partial charge in [-0.05, 0) is 18.7 Å². The molecule has 2 aromatic heterocycles. The first kappa shape index (κ1) is 8.90. The van der Waals surface area contributed by atoms with Crippen molar-refractivity contribution in [2.75, 3.05) is 6.54 Å². The van der Waals surface area contributed by atoms with E-state index in [2.05, 4.69) is 9.97 Å². The van der Waals surface area contributed by atoms with Crippen molar-refractivity contribution in [1.29, 1.82) is 0 Å². The lowest BCUT2D eigenvalue weighted by Crippen LogP contribution is -2.01. The summed E-state index contributed by atoms with van der Waals surface area (Å²) < 4.78 is 5.46. The molecular weight excluding hydrogens is 178 g/mol. The van der Waals surface area contributed by atoms with E-state index in [4.69, 9.17) is 10.2 Å². The molecule has 0 amide bonds. The molecule has 0 aliphatic carbocycles. The zero-order chi connectivity index (χ0) is 9.80. The van der Waals surface area contributed by atoms with E-state index in [0.29, 0.717) is 18.9 Å². The van der Waals surface area contributed by atoms with Crippen molar-refractivity contribution in [2.24, 2.45) is 5.73 Å². The highest BCUT2D eigenvalue weighted by Gasteiger charge is 2.05. The average Bonchev–Trinajstić information content (AvgIpc) is 2.68.